The SMILES string of the molecule is CNC1CCCc2cn(CCSC(F)(F)F)cc21. The van der Waals surface area contributed by atoms with Crippen LogP contribution in [0.2, 0.25) is 0 Å². The van der Waals surface area contributed by atoms with E-state index in [1.807, 2.05) is 24.0 Å². The van der Waals surface area contributed by atoms with Gasteiger partial charge in [0.1, 0.15) is 0 Å². The number of aromatic nitrogens is 1. The van der Waals surface area contributed by atoms with Crippen LogP contribution in [0, 0.1) is 0 Å². The van der Waals surface area contributed by atoms with E-state index in [1.54, 1.807) is 0 Å². The molecule has 1 heterocycles. The number of aryl methyl sites for hydroxylation is 2. The third-order valence-corrected chi connectivity index (χ3v) is 3.99. The number of hydrogen-bond acceptors (Lipinski definition) is 2. The first-order chi connectivity index (χ1) is 8.49. The molecular formula is C12H17F3N2S. The number of rotatable bonds is 4. The van der Waals surface area contributed by atoms with E-state index in [4.69, 9.17) is 0 Å². The zero-order valence-electron chi connectivity index (χ0n) is 10.3. The quantitative estimate of drug-likeness (QED) is 0.909. The van der Waals surface area contributed by atoms with Gasteiger partial charge in [-0.15, -0.1) is 0 Å². The second-order valence-electron chi connectivity index (χ2n) is 4.50. The molecule has 0 aromatic carbocycles. The van der Waals surface area contributed by atoms with Gasteiger partial charge in [-0.05, 0) is 49.2 Å². The first kappa shape index (κ1) is 13.8. The Morgan fingerprint density at radius 2 is 2.22 bits per heavy atom. The standard InChI is InChI=1S/C12H17F3N2S/c1-16-11-4-2-3-9-7-17(8-10(9)11)5-6-18-12(13,14)15/h7-8,11,16H,2-6H2,1H3. The van der Waals surface area contributed by atoms with E-state index in [1.165, 1.54) is 11.1 Å². The van der Waals surface area contributed by atoms with Gasteiger partial charge in [-0.2, -0.15) is 13.2 Å². The van der Waals surface area contributed by atoms with Crippen molar-refractivity contribution in [2.45, 2.75) is 37.4 Å². The van der Waals surface area contributed by atoms with Gasteiger partial charge < -0.3 is 9.88 Å². The Labute approximate surface area is 109 Å². The van der Waals surface area contributed by atoms with Gasteiger partial charge >= 0.3 is 5.51 Å². The van der Waals surface area contributed by atoms with Crippen molar-refractivity contribution in [1.29, 1.82) is 0 Å². The van der Waals surface area contributed by atoms with Gasteiger partial charge in [-0.1, -0.05) is 0 Å². The first-order valence-corrected chi connectivity index (χ1v) is 7.04. The van der Waals surface area contributed by atoms with Crippen LogP contribution in [-0.4, -0.2) is 22.9 Å². The Bertz CT molecular complexity index is 401. The highest BCUT2D eigenvalue weighted by Gasteiger charge is 2.27. The summed E-state index contributed by atoms with van der Waals surface area (Å²) in [6.45, 7) is 0.410. The topological polar surface area (TPSA) is 17.0 Å². The normalized spacial score (nSPS) is 19.9. The molecular weight excluding hydrogens is 261 g/mol. The number of nitrogens with zero attached hydrogens (tertiary/aromatic N) is 1. The molecule has 0 radical (unpaired) electrons. The van der Waals surface area contributed by atoms with Crippen LogP contribution in [0.25, 0.3) is 0 Å². The zero-order chi connectivity index (χ0) is 13.2. The highest BCUT2D eigenvalue weighted by Crippen LogP contribution is 2.32. The molecule has 1 unspecified atom stereocenters. The predicted molar refractivity (Wildman–Crippen MR) is 67.7 cm³/mol. The lowest BCUT2D eigenvalue weighted by atomic mass is 9.91. The Balaban J connectivity index is 1.97. The second kappa shape index (κ2) is 5.57. The average Bonchev–Trinajstić information content (AvgIpc) is 2.69. The molecule has 2 nitrogen and oxygen atoms in total. The van der Waals surface area contributed by atoms with Gasteiger partial charge in [-0.25, -0.2) is 0 Å². The summed E-state index contributed by atoms with van der Waals surface area (Å²) in [4.78, 5) is 0. The highest BCUT2D eigenvalue weighted by atomic mass is 32.2. The number of alkyl halides is 3. The first-order valence-electron chi connectivity index (χ1n) is 6.06. The van der Waals surface area contributed by atoms with Crippen molar-refractivity contribution in [1.82, 2.24) is 9.88 Å². The molecule has 1 N–H and O–H groups in total. The molecule has 102 valence electrons. The molecule has 1 aromatic heterocycles. The summed E-state index contributed by atoms with van der Waals surface area (Å²) in [5, 5.41) is 3.26. The molecule has 0 saturated heterocycles. The number of thioether (sulfide) groups is 1. The van der Waals surface area contributed by atoms with E-state index in [2.05, 4.69) is 5.32 Å². The van der Waals surface area contributed by atoms with Crippen molar-refractivity contribution in [3.63, 3.8) is 0 Å². The zero-order valence-corrected chi connectivity index (χ0v) is 11.1. The summed E-state index contributed by atoms with van der Waals surface area (Å²) in [6, 6.07) is 0.352. The molecule has 2 rings (SSSR count). The number of nitrogens with one attached hydrogen (secondary N) is 1. The lowest BCUT2D eigenvalue weighted by Gasteiger charge is -2.21. The maximum atomic E-state index is 12.0. The minimum Gasteiger partial charge on any atom is -0.353 e. The molecule has 0 bridgehead atoms. The number of halogens is 3. The fourth-order valence-electron chi connectivity index (χ4n) is 2.44. The molecule has 18 heavy (non-hydrogen) atoms. The van der Waals surface area contributed by atoms with E-state index < -0.39 is 5.51 Å². The Morgan fingerprint density at radius 3 is 2.89 bits per heavy atom. The lowest BCUT2D eigenvalue weighted by molar-refractivity contribution is -0.0328. The van der Waals surface area contributed by atoms with Crippen molar-refractivity contribution in [3.05, 3.63) is 23.5 Å². The Morgan fingerprint density at radius 1 is 1.44 bits per heavy atom. The summed E-state index contributed by atoms with van der Waals surface area (Å²) in [5.74, 6) is 0.0707. The molecule has 0 saturated carbocycles. The summed E-state index contributed by atoms with van der Waals surface area (Å²) in [7, 11) is 1.93. The number of fused-ring (bicyclic) bond motifs is 1. The third-order valence-electron chi connectivity index (χ3n) is 3.28. The third kappa shape index (κ3) is 3.45. The highest BCUT2D eigenvalue weighted by molar-refractivity contribution is 8.00. The van der Waals surface area contributed by atoms with Crippen LogP contribution in [0.15, 0.2) is 12.4 Å². The Kier molecular flexibility index (Phi) is 4.27. The summed E-state index contributed by atoms with van der Waals surface area (Å²) < 4.78 is 38.0. The van der Waals surface area contributed by atoms with Crippen molar-refractivity contribution >= 4 is 11.8 Å². The summed E-state index contributed by atoms with van der Waals surface area (Å²) >= 11 is 0.0444. The monoisotopic (exact) mass is 278 g/mol. The summed E-state index contributed by atoms with van der Waals surface area (Å²) in [6.07, 6.45) is 7.26. The minimum absolute atomic E-state index is 0.0444. The molecule has 1 aliphatic rings. The predicted octanol–water partition coefficient (Wildman–Crippen LogP) is 3.34. The molecule has 1 aromatic rings. The van der Waals surface area contributed by atoms with Gasteiger partial charge in [0, 0.05) is 30.7 Å². The van der Waals surface area contributed by atoms with Crippen LogP contribution in [0.3, 0.4) is 0 Å². The van der Waals surface area contributed by atoms with Gasteiger partial charge in [0.05, 0.1) is 0 Å². The average molecular weight is 278 g/mol. The van der Waals surface area contributed by atoms with Crippen LogP contribution < -0.4 is 5.32 Å². The van der Waals surface area contributed by atoms with Gasteiger partial charge in [0.2, 0.25) is 0 Å². The van der Waals surface area contributed by atoms with Crippen molar-refractivity contribution in [2.24, 2.45) is 0 Å². The van der Waals surface area contributed by atoms with Crippen molar-refractivity contribution < 1.29 is 13.2 Å². The molecule has 1 aliphatic carbocycles. The van der Waals surface area contributed by atoms with Crippen LogP contribution in [-0.2, 0) is 13.0 Å². The van der Waals surface area contributed by atoms with E-state index in [0.717, 1.165) is 19.3 Å². The molecule has 6 heteroatoms. The molecule has 0 aliphatic heterocycles. The molecule has 0 spiro atoms. The largest absolute Gasteiger partial charge is 0.441 e. The fourth-order valence-corrected chi connectivity index (χ4v) is 2.98. The van der Waals surface area contributed by atoms with E-state index in [-0.39, 0.29) is 17.5 Å². The number of hydrogen-bond donors (Lipinski definition) is 1. The van der Waals surface area contributed by atoms with Gasteiger partial charge in [-0.3, -0.25) is 0 Å². The molecule has 0 amide bonds. The molecule has 0 fully saturated rings. The maximum absolute atomic E-state index is 12.0. The Hall–Kier alpha value is -0.620. The van der Waals surface area contributed by atoms with E-state index in [9.17, 15) is 13.2 Å². The van der Waals surface area contributed by atoms with Crippen LogP contribution in [0.1, 0.15) is 30.0 Å². The van der Waals surface area contributed by atoms with Crippen molar-refractivity contribution in [2.75, 3.05) is 12.8 Å². The van der Waals surface area contributed by atoms with Crippen molar-refractivity contribution in [3.8, 4) is 0 Å². The smallest absolute Gasteiger partial charge is 0.353 e. The molecule has 1 atom stereocenters. The van der Waals surface area contributed by atoms with Gasteiger partial charge in [0.25, 0.3) is 0 Å². The van der Waals surface area contributed by atoms with E-state index in [0.29, 0.717) is 12.6 Å². The lowest BCUT2D eigenvalue weighted by Crippen LogP contribution is -2.20. The van der Waals surface area contributed by atoms with Crippen LogP contribution >= 0.6 is 11.8 Å². The van der Waals surface area contributed by atoms with Crippen LogP contribution in [0.5, 0.6) is 0 Å². The fraction of sp³-hybridized carbons (Fsp3) is 0.667. The minimum atomic E-state index is -4.12. The second-order valence-corrected chi connectivity index (χ2v) is 5.66. The van der Waals surface area contributed by atoms with Gasteiger partial charge in [0.15, 0.2) is 0 Å². The maximum Gasteiger partial charge on any atom is 0.441 e. The van der Waals surface area contributed by atoms with Crippen LogP contribution in [0.4, 0.5) is 13.2 Å². The summed E-state index contributed by atoms with van der Waals surface area (Å²) in [5.41, 5.74) is -1.60. The van der Waals surface area contributed by atoms with E-state index >= 15 is 0 Å².